The topological polar surface area (TPSA) is 45.6 Å². The number of nitrogens with one attached hydrogen (secondary N) is 2. The molecule has 0 aromatic heterocycles. The van der Waals surface area contributed by atoms with Gasteiger partial charge < -0.3 is 15.4 Å². The number of hydrogen-bond acceptors (Lipinski definition) is 2. The molecule has 20 heavy (non-hydrogen) atoms. The Morgan fingerprint density at radius 1 is 1.40 bits per heavy atom. The van der Waals surface area contributed by atoms with E-state index in [0.29, 0.717) is 35.8 Å². The van der Waals surface area contributed by atoms with Crippen molar-refractivity contribution in [2.24, 2.45) is 4.99 Å². The van der Waals surface area contributed by atoms with Gasteiger partial charge in [-0.25, -0.2) is 0 Å². The summed E-state index contributed by atoms with van der Waals surface area (Å²) in [5, 5.41) is 7.73. The van der Waals surface area contributed by atoms with Gasteiger partial charge in [0.2, 0.25) is 0 Å². The minimum absolute atomic E-state index is 0.0260. The van der Waals surface area contributed by atoms with Crippen LogP contribution in [-0.2, 0) is 4.74 Å². The van der Waals surface area contributed by atoms with Gasteiger partial charge in [-0.2, -0.15) is 0 Å². The molecule has 1 aromatic carbocycles. The zero-order valence-electron chi connectivity index (χ0n) is 12.0. The Labute approximate surface area is 130 Å². The number of guanidine groups is 1. The summed E-state index contributed by atoms with van der Waals surface area (Å²) in [4.78, 5) is 4.17. The van der Waals surface area contributed by atoms with Crippen LogP contribution in [0.2, 0.25) is 10.0 Å². The Kier molecular flexibility index (Phi) is 7.73. The van der Waals surface area contributed by atoms with E-state index in [1.807, 2.05) is 26.0 Å². The molecule has 1 unspecified atom stereocenters. The molecule has 0 bridgehead atoms. The van der Waals surface area contributed by atoms with Gasteiger partial charge in [0, 0.05) is 30.2 Å². The molecule has 1 aromatic rings. The van der Waals surface area contributed by atoms with Gasteiger partial charge in [-0.1, -0.05) is 29.3 Å². The van der Waals surface area contributed by atoms with Crippen molar-refractivity contribution < 1.29 is 4.74 Å². The normalized spacial score (nSPS) is 13.2. The van der Waals surface area contributed by atoms with E-state index in [1.165, 1.54) is 0 Å². The molecule has 0 heterocycles. The summed E-state index contributed by atoms with van der Waals surface area (Å²) in [5.74, 6) is 0.711. The summed E-state index contributed by atoms with van der Waals surface area (Å²) >= 11 is 12.1. The molecule has 0 spiro atoms. The maximum atomic E-state index is 6.19. The molecule has 0 aliphatic rings. The van der Waals surface area contributed by atoms with Crippen LogP contribution in [0.25, 0.3) is 0 Å². The predicted octanol–water partition coefficient (Wildman–Crippen LogP) is 3.26. The average Bonchev–Trinajstić information content (AvgIpc) is 2.41. The number of hydrogen-bond donors (Lipinski definition) is 2. The molecular formula is C14H21Cl2N3O. The molecule has 0 fully saturated rings. The Morgan fingerprint density at radius 3 is 2.75 bits per heavy atom. The second-order valence-corrected chi connectivity index (χ2v) is 5.07. The third-order valence-electron chi connectivity index (χ3n) is 2.75. The molecule has 6 heteroatoms. The standard InChI is InChI=1S/C14H21Cl2N3O/c1-4-20-8-7-18-14(17-3)19-10(2)12-6-5-11(15)9-13(12)16/h5-6,9-10H,4,7-8H2,1-3H3,(H2,17,18,19). The van der Waals surface area contributed by atoms with Crippen molar-refractivity contribution in [1.29, 1.82) is 0 Å². The van der Waals surface area contributed by atoms with E-state index >= 15 is 0 Å². The van der Waals surface area contributed by atoms with Crippen LogP contribution in [0.4, 0.5) is 0 Å². The molecule has 0 saturated heterocycles. The van der Waals surface area contributed by atoms with Crippen LogP contribution in [0, 0.1) is 0 Å². The first-order valence-electron chi connectivity index (χ1n) is 6.58. The summed E-state index contributed by atoms with van der Waals surface area (Å²) in [5.41, 5.74) is 0.976. The molecule has 2 N–H and O–H groups in total. The van der Waals surface area contributed by atoms with Gasteiger partial charge in [-0.05, 0) is 31.5 Å². The lowest BCUT2D eigenvalue weighted by atomic mass is 10.1. The third-order valence-corrected chi connectivity index (χ3v) is 3.31. The van der Waals surface area contributed by atoms with Gasteiger partial charge in [0.15, 0.2) is 5.96 Å². The first-order chi connectivity index (χ1) is 9.58. The number of ether oxygens (including phenoxy) is 1. The van der Waals surface area contributed by atoms with Crippen LogP contribution in [0.1, 0.15) is 25.5 Å². The quantitative estimate of drug-likeness (QED) is 0.481. The van der Waals surface area contributed by atoms with Crippen molar-refractivity contribution in [1.82, 2.24) is 10.6 Å². The maximum Gasteiger partial charge on any atom is 0.191 e. The first kappa shape index (κ1) is 17.1. The fourth-order valence-corrected chi connectivity index (χ4v) is 2.29. The van der Waals surface area contributed by atoms with Gasteiger partial charge in [0.1, 0.15) is 0 Å². The second-order valence-electron chi connectivity index (χ2n) is 4.23. The fourth-order valence-electron chi connectivity index (χ4n) is 1.72. The van der Waals surface area contributed by atoms with Crippen molar-refractivity contribution in [3.63, 3.8) is 0 Å². The SMILES string of the molecule is CCOCCNC(=NC)NC(C)c1ccc(Cl)cc1Cl. The highest BCUT2D eigenvalue weighted by Gasteiger charge is 2.11. The van der Waals surface area contributed by atoms with E-state index < -0.39 is 0 Å². The van der Waals surface area contributed by atoms with Crippen LogP contribution in [0.15, 0.2) is 23.2 Å². The molecule has 0 aliphatic carbocycles. The summed E-state index contributed by atoms with van der Waals surface area (Å²) in [6.45, 7) is 6.05. The number of nitrogens with zero attached hydrogens (tertiary/aromatic N) is 1. The number of rotatable bonds is 6. The molecular weight excluding hydrogens is 297 g/mol. The summed E-state index contributed by atoms with van der Waals surface area (Å²) in [6, 6.07) is 5.50. The molecule has 1 atom stereocenters. The molecule has 0 saturated carbocycles. The third kappa shape index (κ3) is 5.57. The number of halogens is 2. The number of aliphatic imine (C=N–C) groups is 1. The molecule has 112 valence electrons. The Bertz CT molecular complexity index is 452. The predicted molar refractivity (Wildman–Crippen MR) is 85.9 cm³/mol. The van der Waals surface area contributed by atoms with Crippen LogP contribution < -0.4 is 10.6 Å². The molecule has 4 nitrogen and oxygen atoms in total. The highest BCUT2D eigenvalue weighted by atomic mass is 35.5. The Hall–Kier alpha value is -0.970. The number of benzene rings is 1. The van der Waals surface area contributed by atoms with Crippen molar-refractivity contribution in [2.45, 2.75) is 19.9 Å². The van der Waals surface area contributed by atoms with Crippen LogP contribution in [-0.4, -0.2) is 32.8 Å². The lowest BCUT2D eigenvalue weighted by molar-refractivity contribution is 0.152. The second kappa shape index (κ2) is 9.06. The lowest BCUT2D eigenvalue weighted by Gasteiger charge is -2.19. The van der Waals surface area contributed by atoms with Crippen molar-refractivity contribution in [2.75, 3.05) is 26.8 Å². The van der Waals surface area contributed by atoms with Gasteiger partial charge in [0.25, 0.3) is 0 Å². The van der Waals surface area contributed by atoms with Crippen molar-refractivity contribution >= 4 is 29.2 Å². The highest BCUT2D eigenvalue weighted by molar-refractivity contribution is 6.35. The van der Waals surface area contributed by atoms with Crippen molar-refractivity contribution in [3.8, 4) is 0 Å². The van der Waals surface area contributed by atoms with E-state index in [4.69, 9.17) is 27.9 Å². The molecule has 0 radical (unpaired) electrons. The van der Waals surface area contributed by atoms with E-state index in [9.17, 15) is 0 Å². The fraction of sp³-hybridized carbons (Fsp3) is 0.500. The lowest BCUT2D eigenvalue weighted by Crippen LogP contribution is -2.40. The monoisotopic (exact) mass is 317 g/mol. The maximum absolute atomic E-state index is 6.19. The van der Waals surface area contributed by atoms with Crippen LogP contribution >= 0.6 is 23.2 Å². The van der Waals surface area contributed by atoms with Gasteiger partial charge in [-0.3, -0.25) is 4.99 Å². The van der Waals surface area contributed by atoms with E-state index in [2.05, 4.69) is 15.6 Å². The van der Waals surface area contributed by atoms with Crippen LogP contribution in [0.3, 0.4) is 0 Å². The van der Waals surface area contributed by atoms with Crippen LogP contribution in [0.5, 0.6) is 0 Å². The zero-order chi connectivity index (χ0) is 15.0. The van der Waals surface area contributed by atoms with Gasteiger partial charge >= 0.3 is 0 Å². The van der Waals surface area contributed by atoms with E-state index in [1.54, 1.807) is 13.1 Å². The summed E-state index contributed by atoms with van der Waals surface area (Å²) < 4.78 is 5.27. The van der Waals surface area contributed by atoms with E-state index in [-0.39, 0.29) is 6.04 Å². The van der Waals surface area contributed by atoms with Gasteiger partial charge in [0.05, 0.1) is 12.6 Å². The summed E-state index contributed by atoms with van der Waals surface area (Å²) in [6.07, 6.45) is 0. The molecule has 0 aliphatic heterocycles. The minimum Gasteiger partial charge on any atom is -0.380 e. The zero-order valence-corrected chi connectivity index (χ0v) is 13.6. The Balaban J connectivity index is 2.56. The highest BCUT2D eigenvalue weighted by Crippen LogP contribution is 2.25. The average molecular weight is 318 g/mol. The van der Waals surface area contributed by atoms with E-state index in [0.717, 1.165) is 5.56 Å². The van der Waals surface area contributed by atoms with Crippen molar-refractivity contribution in [3.05, 3.63) is 33.8 Å². The first-order valence-corrected chi connectivity index (χ1v) is 7.34. The Morgan fingerprint density at radius 2 is 2.15 bits per heavy atom. The molecule has 1 rings (SSSR count). The minimum atomic E-state index is 0.0260. The molecule has 0 amide bonds. The van der Waals surface area contributed by atoms with Gasteiger partial charge in [-0.15, -0.1) is 0 Å². The largest absolute Gasteiger partial charge is 0.380 e. The summed E-state index contributed by atoms with van der Waals surface area (Å²) in [7, 11) is 1.73. The smallest absolute Gasteiger partial charge is 0.191 e.